The molecule has 2 fully saturated rings. The Labute approximate surface area is 187 Å². The third-order valence-electron chi connectivity index (χ3n) is 6.40. The SMILES string of the molecule is Cc1cccc(-c2cc(F)ccc2C(=O)N2CC3CN(c4nc(C)cc(C)n4)CC3C2)n1. The molecule has 2 unspecified atom stereocenters. The normalized spacial score (nSPS) is 20.0. The molecule has 7 heteroatoms. The number of likely N-dealkylation sites (tertiary alicyclic amines) is 1. The number of anilines is 1. The van der Waals surface area contributed by atoms with E-state index >= 15 is 0 Å². The lowest BCUT2D eigenvalue weighted by atomic mass is 10.0. The summed E-state index contributed by atoms with van der Waals surface area (Å²) in [5.41, 5.74) is 4.42. The van der Waals surface area contributed by atoms with Crippen molar-refractivity contribution in [1.29, 1.82) is 0 Å². The van der Waals surface area contributed by atoms with Crippen LogP contribution in [0.3, 0.4) is 0 Å². The van der Waals surface area contributed by atoms with Crippen molar-refractivity contribution in [1.82, 2.24) is 19.9 Å². The largest absolute Gasteiger partial charge is 0.340 e. The highest BCUT2D eigenvalue weighted by molar-refractivity contribution is 6.00. The van der Waals surface area contributed by atoms with Crippen LogP contribution in [0.4, 0.5) is 10.3 Å². The number of amides is 1. The number of aromatic nitrogens is 3. The number of rotatable bonds is 3. The molecule has 1 amide bonds. The lowest BCUT2D eigenvalue weighted by Gasteiger charge is -2.23. The summed E-state index contributed by atoms with van der Waals surface area (Å²) in [5.74, 6) is 1.10. The van der Waals surface area contributed by atoms with Crippen LogP contribution in [0.2, 0.25) is 0 Å². The third kappa shape index (κ3) is 3.83. The summed E-state index contributed by atoms with van der Waals surface area (Å²) >= 11 is 0. The molecule has 0 bridgehead atoms. The minimum atomic E-state index is -0.373. The van der Waals surface area contributed by atoms with Crippen molar-refractivity contribution in [3.63, 3.8) is 0 Å². The number of carbonyl (C=O) groups is 1. The molecule has 0 radical (unpaired) electrons. The van der Waals surface area contributed by atoms with E-state index in [2.05, 4.69) is 19.9 Å². The van der Waals surface area contributed by atoms with Crippen LogP contribution in [0.25, 0.3) is 11.3 Å². The summed E-state index contributed by atoms with van der Waals surface area (Å²) in [6.07, 6.45) is 0. The molecule has 2 saturated heterocycles. The van der Waals surface area contributed by atoms with Gasteiger partial charge in [-0.05, 0) is 57.2 Å². The first kappa shape index (κ1) is 20.5. The molecule has 6 nitrogen and oxygen atoms in total. The average Bonchev–Trinajstić information content (AvgIpc) is 3.32. The third-order valence-corrected chi connectivity index (χ3v) is 6.40. The zero-order chi connectivity index (χ0) is 22.4. The van der Waals surface area contributed by atoms with Gasteiger partial charge in [-0.2, -0.15) is 0 Å². The van der Waals surface area contributed by atoms with Crippen molar-refractivity contribution < 1.29 is 9.18 Å². The van der Waals surface area contributed by atoms with E-state index in [0.29, 0.717) is 41.7 Å². The number of pyridine rings is 1. The molecule has 2 aromatic heterocycles. The van der Waals surface area contributed by atoms with Crippen molar-refractivity contribution in [2.75, 3.05) is 31.1 Å². The van der Waals surface area contributed by atoms with Crippen LogP contribution in [0.1, 0.15) is 27.4 Å². The number of hydrogen-bond acceptors (Lipinski definition) is 5. The highest BCUT2D eigenvalue weighted by Crippen LogP contribution is 2.35. The summed E-state index contributed by atoms with van der Waals surface area (Å²) in [7, 11) is 0. The zero-order valence-corrected chi connectivity index (χ0v) is 18.5. The molecular formula is C25H26FN5O. The summed E-state index contributed by atoms with van der Waals surface area (Å²) in [6, 6.07) is 11.9. The molecular weight excluding hydrogens is 405 g/mol. The van der Waals surface area contributed by atoms with E-state index in [1.165, 1.54) is 12.1 Å². The number of halogens is 1. The maximum atomic E-state index is 14.1. The van der Waals surface area contributed by atoms with Gasteiger partial charge in [-0.1, -0.05) is 6.07 Å². The predicted octanol–water partition coefficient (Wildman–Crippen LogP) is 3.81. The molecule has 5 rings (SSSR count). The Morgan fingerprint density at radius 1 is 0.875 bits per heavy atom. The highest BCUT2D eigenvalue weighted by atomic mass is 19.1. The van der Waals surface area contributed by atoms with E-state index in [4.69, 9.17) is 0 Å². The standard InChI is InChI=1S/C25H26FN5O/c1-15-5-4-6-23(27-15)22-10-20(26)7-8-21(22)24(32)30-11-18-13-31(14-19(18)12-30)25-28-16(2)9-17(3)29-25/h4-10,18-19H,11-14H2,1-3H3. The Morgan fingerprint density at radius 3 is 2.22 bits per heavy atom. The average molecular weight is 432 g/mol. The molecule has 0 N–H and O–H groups in total. The van der Waals surface area contributed by atoms with Crippen LogP contribution in [-0.4, -0.2) is 51.9 Å². The Kier molecular flexibility index (Phi) is 5.12. The van der Waals surface area contributed by atoms with Gasteiger partial charge >= 0.3 is 0 Å². The highest BCUT2D eigenvalue weighted by Gasteiger charge is 2.42. The van der Waals surface area contributed by atoms with Gasteiger partial charge in [-0.3, -0.25) is 9.78 Å². The van der Waals surface area contributed by atoms with Gasteiger partial charge in [0.15, 0.2) is 0 Å². The number of benzene rings is 1. The van der Waals surface area contributed by atoms with E-state index < -0.39 is 0 Å². The molecule has 3 aromatic rings. The molecule has 0 aliphatic carbocycles. The summed E-state index contributed by atoms with van der Waals surface area (Å²) < 4.78 is 14.1. The van der Waals surface area contributed by atoms with Crippen LogP contribution in [0.15, 0.2) is 42.5 Å². The minimum absolute atomic E-state index is 0.0630. The Balaban J connectivity index is 1.35. The lowest BCUT2D eigenvalue weighted by Crippen LogP contribution is -2.34. The van der Waals surface area contributed by atoms with Gasteiger partial charge in [-0.25, -0.2) is 14.4 Å². The molecule has 2 aliphatic heterocycles. The van der Waals surface area contributed by atoms with E-state index in [-0.39, 0.29) is 11.7 Å². The smallest absolute Gasteiger partial charge is 0.254 e. The molecule has 0 spiro atoms. The van der Waals surface area contributed by atoms with Crippen LogP contribution in [0, 0.1) is 38.4 Å². The van der Waals surface area contributed by atoms with Gasteiger partial charge in [0.05, 0.1) is 5.69 Å². The fourth-order valence-corrected chi connectivity index (χ4v) is 4.95. The number of nitrogens with zero attached hydrogens (tertiary/aromatic N) is 5. The Morgan fingerprint density at radius 2 is 1.56 bits per heavy atom. The first-order chi connectivity index (χ1) is 15.4. The second kappa shape index (κ2) is 7.97. The topological polar surface area (TPSA) is 62.2 Å². The van der Waals surface area contributed by atoms with Crippen molar-refractivity contribution in [2.45, 2.75) is 20.8 Å². The fraction of sp³-hybridized carbons (Fsp3) is 0.360. The summed E-state index contributed by atoms with van der Waals surface area (Å²) in [4.78, 5) is 31.3. The first-order valence-electron chi connectivity index (χ1n) is 11.0. The fourth-order valence-electron chi connectivity index (χ4n) is 4.95. The molecule has 0 saturated carbocycles. The second-order valence-corrected chi connectivity index (χ2v) is 8.94. The van der Waals surface area contributed by atoms with Gasteiger partial charge < -0.3 is 9.80 Å². The quantitative estimate of drug-likeness (QED) is 0.631. The van der Waals surface area contributed by atoms with Gasteiger partial charge in [-0.15, -0.1) is 0 Å². The van der Waals surface area contributed by atoms with Crippen molar-refractivity contribution in [3.8, 4) is 11.3 Å². The molecule has 32 heavy (non-hydrogen) atoms. The van der Waals surface area contributed by atoms with Gasteiger partial charge in [0.25, 0.3) is 5.91 Å². The van der Waals surface area contributed by atoms with Crippen molar-refractivity contribution in [2.24, 2.45) is 11.8 Å². The van der Waals surface area contributed by atoms with Crippen molar-refractivity contribution in [3.05, 3.63) is 70.9 Å². The summed E-state index contributed by atoms with van der Waals surface area (Å²) in [5, 5.41) is 0. The number of carbonyl (C=O) groups excluding carboxylic acids is 1. The maximum absolute atomic E-state index is 14.1. The lowest BCUT2D eigenvalue weighted by molar-refractivity contribution is 0.0783. The van der Waals surface area contributed by atoms with E-state index in [0.717, 1.165) is 36.1 Å². The van der Waals surface area contributed by atoms with Crippen LogP contribution in [-0.2, 0) is 0 Å². The minimum Gasteiger partial charge on any atom is -0.340 e. The maximum Gasteiger partial charge on any atom is 0.254 e. The molecule has 4 heterocycles. The molecule has 1 aromatic carbocycles. The van der Waals surface area contributed by atoms with Gasteiger partial charge in [0.2, 0.25) is 5.95 Å². The number of aryl methyl sites for hydroxylation is 3. The van der Waals surface area contributed by atoms with Gasteiger partial charge in [0.1, 0.15) is 5.82 Å². The second-order valence-electron chi connectivity index (χ2n) is 8.94. The van der Waals surface area contributed by atoms with Crippen molar-refractivity contribution >= 4 is 11.9 Å². The first-order valence-corrected chi connectivity index (χ1v) is 11.0. The van der Waals surface area contributed by atoms with E-state index in [1.807, 2.05) is 49.9 Å². The Hall–Kier alpha value is -3.35. The van der Waals surface area contributed by atoms with Crippen LogP contribution >= 0.6 is 0 Å². The van der Waals surface area contributed by atoms with E-state index in [1.54, 1.807) is 6.07 Å². The van der Waals surface area contributed by atoms with E-state index in [9.17, 15) is 9.18 Å². The summed E-state index contributed by atoms with van der Waals surface area (Å²) in [6.45, 7) is 8.90. The van der Waals surface area contributed by atoms with Crippen LogP contribution in [0.5, 0.6) is 0 Å². The number of hydrogen-bond donors (Lipinski definition) is 0. The van der Waals surface area contributed by atoms with Gasteiger partial charge in [0, 0.05) is 66.2 Å². The van der Waals surface area contributed by atoms with Crippen LogP contribution < -0.4 is 4.90 Å². The monoisotopic (exact) mass is 431 g/mol. The number of fused-ring (bicyclic) bond motifs is 1. The predicted molar refractivity (Wildman–Crippen MR) is 121 cm³/mol. The zero-order valence-electron chi connectivity index (χ0n) is 18.5. The Bertz CT molecular complexity index is 1160. The molecule has 2 atom stereocenters. The molecule has 2 aliphatic rings. The molecule has 164 valence electrons.